The first kappa shape index (κ1) is 57.8. The molecule has 358 valence electrons. The molecule has 7 amide bonds. The van der Waals surface area contributed by atoms with Crippen LogP contribution in [0.1, 0.15) is 146 Å². The molecule has 0 aliphatic rings. The molecule has 19 heteroatoms. The average molecular weight is 882 g/mol. The average Bonchev–Trinajstić information content (AvgIpc) is 3.17. The molecule has 0 fully saturated rings. The zero-order valence-electron chi connectivity index (χ0n) is 39.1. The van der Waals surface area contributed by atoms with Crippen molar-refractivity contribution in [2.24, 2.45) is 33.8 Å². The molecule has 0 bridgehead atoms. The van der Waals surface area contributed by atoms with E-state index in [1.807, 2.05) is 20.8 Å². The van der Waals surface area contributed by atoms with Gasteiger partial charge in [-0.05, 0) is 129 Å². The van der Waals surface area contributed by atoms with Crippen molar-refractivity contribution in [3.05, 3.63) is 0 Å². The Kier molecular flexibility index (Phi) is 28.0. The van der Waals surface area contributed by atoms with Gasteiger partial charge in [0.25, 0.3) is 0 Å². The number of carbonyl (C=O) groups excluding carboxylic acids is 8. The summed E-state index contributed by atoms with van der Waals surface area (Å²) >= 11 is 0. The topological polar surface area (TPSA) is 325 Å². The summed E-state index contributed by atoms with van der Waals surface area (Å²) in [6, 6.07) is -7.19. The number of nitrogens with two attached hydrogens (primary N) is 4. The second kappa shape index (κ2) is 30.0. The highest BCUT2D eigenvalue weighted by atomic mass is 16.2. The molecule has 0 aliphatic carbocycles. The summed E-state index contributed by atoms with van der Waals surface area (Å²) in [4.78, 5) is 106. The van der Waals surface area contributed by atoms with Crippen molar-refractivity contribution in [1.29, 1.82) is 0 Å². The quantitative estimate of drug-likeness (QED) is 0.0411. The maximum atomic E-state index is 13.8. The Balaban J connectivity index is 5.90. The van der Waals surface area contributed by atoms with E-state index in [-0.39, 0.29) is 36.4 Å². The Labute approximate surface area is 370 Å². The molecule has 7 unspecified atom stereocenters. The molecule has 0 aliphatic heterocycles. The Morgan fingerprint density at radius 2 is 0.661 bits per heavy atom. The molecule has 0 saturated carbocycles. The van der Waals surface area contributed by atoms with Gasteiger partial charge in [0.2, 0.25) is 41.4 Å². The molecular formula is C43H83N11O8. The van der Waals surface area contributed by atoms with Gasteiger partial charge < -0.3 is 60.2 Å². The van der Waals surface area contributed by atoms with Crippen molar-refractivity contribution in [1.82, 2.24) is 37.2 Å². The number of nitrogens with one attached hydrogen (secondary N) is 7. The second-order valence-electron chi connectivity index (χ2n) is 18.5. The fourth-order valence-electron chi connectivity index (χ4n) is 6.32. The van der Waals surface area contributed by atoms with E-state index in [4.69, 9.17) is 22.9 Å². The monoisotopic (exact) mass is 882 g/mol. The Hall–Kier alpha value is -4.20. The van der Waals surface area contributed by atoms with Gasteiger partial charge in [-0.3, -0.25) is 38.4 Å². The number of hydrogen-bond donors (Lipinski definition) is 11. The van der Waals surface area contributed by atoms with Crippen molar-refractivity contribution in [3.63, 3.8) is 0 Å². The molecule has 19 nitrogen and oxygen atoms in total. The van der Waals surface area contributed by atoms with Gasteiger partial charge in [0.15, 0.2) is 5.78 Å². The van der Waals surface area contributed by atoms with Crippen molar-refractivity contribution in [2.45, 2.75) is 188 Å². The predicted octanol–water partition coefficient (Wildman–Crippen LogP) is 0.00710. The van der Waals surface area contributed by atoms with E-state index in [0.717, 1.165) is 0 Å². The van der Waals surface area contributed by atoms with Gasteiger partial charge in [-0.25, -0.2) is 0 Å². The highest BCUT2D eigenvalue weighted by Gasteiger charge is 2.34. The van der Waals surface area contributed by atoms with Crippen LogP contribution in [0.5, 0.6) is 0 Å². The fraction of sp³-hybridized carbons (Fsp3) is 0.814. The molecule has 0 aromatic carbocycles. The maximum absolute atomic E-state index is 13.8. The number of Topliss-reactive ketones (excluding diaryl/α,β-unsaturated/α-hetero) is 1. The molecule has 15 N–H and O–H groups in total. The molecule has 0 rings (SSSR count). The van der Waals surface area contributed by atoms with Crippen LogP contribution in [0.4, 0.5) is 0 Å². The van der Waals surface area contributed by atoms with Crippen LogP contribution >= 0.6 is 0 Å². The first-order chi connectivity index (χ1) is 28.9. The minimum atomic E-state index is -1.15. The molecule has 0 aromatic rings. The van der Waals surface area contributed by atoms with E-state index in [0.29, 0.717) is 90.4 Å². The fourth-order valence-corrected chi connectivity index (χ4v) is 6.32. The van der Waals surface area contributed by atoms with Gasteiger partial charge in [-0.15, -0.1) is 0 Å². The summed E-state index contributed by atoms with van der Waals surface area (Å²) in [5.74, 6) is -4.25. The number of hydrogen-bond acceptors (Lipinski definition) is 12. The molecule has 7 atom stereocenters. The Bertz CT molecular complexity index is 1430. The van der Waals surface area contributed by atoms with E-state index in [1.165, 1.54) is 20.8 Å². The van der Waals surface area contributed by atoms with Crippen molar-refractivity contribution in [3.8, 4) is 0 Å². The van der Waals surface area contributed by atoms with Crippen molar-refractivity contribution < 1.29 is 38.4 Å². The molecular weight excluding hydrogens is 799 g/mol. The third kappa shape index (κ3) is 24.4. The van der Waals surface area contributed by atoms with Gasteiger partial charge in [0, 0.05) is 11.8 Å². The highest BCUT2D eigenvalue weighted by molar-refractivity contribution is 5.98. The summed E-state index contributed by atoms with van der Waals surface area (Å²) in [6.07, 6.45) is 5.81. The third-order valence-electron chi connectivity index (χ3n) is 10.0. The maximum Gasteiger partial charge on any atom is 0.243 e. The van der Waals surface area contributed by atoms with E-state index in [1.54, 1.807) is 20.8 Å². The number of rotatable bonds is 31. The van der Waals surface area contributed by atoms with Gasteiger partial charge >= 0.3 is 0 Å². The van der Waals surface area contributed by atoms with Crippen LogP contribution in [-0.2, 0) is 38.4 Å². The van der Waals surface area contributed by atoms with Gasteiger partial charge in [-0.1, -0.05) is 41.5 Å². The lowest BCUT2D eigenvalue weighted by molar-refractivity contribution is -0.136. The molecule has 0 radical (unpaired) electrons. The van der Waals surface area contributed by atoms with Gasteiger partial charge in [0.1, 0.15) is 36.3 Å². The third-order valence-corrected chi connectivity index (χ3v) is 10.0. The molecule has 0 saturated heterocycles. The van der Waals surface area contributed by atoms with E-state index in [9.17, 15) is 38.4 Å². The Morgan fingerprint density at radius 3 is 1.00 bits per heavy atom. The number of carbonyl (C=O) groups is 8. The largest absolute Gasteiger partial charge is 0.344 e. The van der Waals surface area contributed by atoms with Crippen LogP contribution in [0.2, 0.25) is 0 Å². The first-order valence-corrected chi connectivity index (χ1v) is 22.4. The molecule has 0 heterocycles. The second-order valence-corrected chi connectivity index (χ2v) is 18.5. The molecule has 0 spiro atoms. The predicted molar refractivity (Wildman–Crippen MR) is 241 cm³/mol. The van der Waals surface area contributed by atoms with Crippen LogP contribution in [0, 0.1) is 10.8 Å². The first-order valence-electron chi connectivity index (χ1n) is 22.4. The van der Waals surface area contributed by atoms with Crippen LogP contribution in [0.3, 0.4) is 0 Å². The van der Waals surface area contributed by atoms with E-state index < -0.39 is 83.2 Å². The summed E-state index contributed by atoms with van der Waals surface area (Å²) in [5.41, 5.74) is 21.6. The lowest BCUT2D eigenvalue weighted by Gasteiger charge is -2.28. The van der Waals surface area contributed by atoms with E-state index in [2.05, 4.69) is 37.2 Å². The number of ketones is 1. The molecule has 62 heavy (non-hydrogen) atoms. The normalized spacial score (nSPS) is 15.0. The summed E-state index contributed by atoms with van der Waals surface area (Å²) in [7, 11) is 0. The number of amides is 7. The van der Waals surface area contributed by atoms with Crippen LogP contribution in [0.25, 0.3) is 0 Å². The van der Waals surface area contributed by atoms with Crippen LogP contribution in [-0.4, -0.2) is 116 Å². The van der Waals surface area contributed by atoms with Crippen LogP contribution in [0.15, 0.2) is 0 Å². The zero-order valence-corrected chi connectivity index (χ0v) is 39.1. The summed E-state index contributed by atoms with van der Waals surface area (Å²) in [5, 5.41) is 18.8. The molecule has 0 aromatic heterocycles. The minimum absolute atomic E-state index is 0.150. The minimum Gasteiger partial charge on any atom is -0.344 e. The standard InChI is InChI=1S/C43H83N11O8/c1-27(49-39(60)31(19-11-15-23-45)51-34(55)26-42(4,5)6)36(57)48-28(2)38(59)53-33(21-13-17-25-47)41(62)54-32(20-12-16-24-46)40(61)50-29(3)37(58)52-30(18-10-14-22-44)35(56)43(7,8)9/h27-33H,10-26,44-47H2,1-9H3,(H,48,57)(H,49,60)(H,50,61)(H,51,55)(H,52,58)(H,53,59)(H,54,62). The van der Waals surface area contributed by atoms with Crippen LogP contribution < -0.4 is 60.2 Å². The Morgan fingerprint density at radius 1 is 0.387 bits per heavy atom. The van der Waals surface area contributed by atoms with Gasteiger partial charge in [0.05, 0.1) is 6.04 Å². The lowest BCUT2D eigenvalue weighted by Crippen LogP contribution is -2.59. The van der Waals surface area contributed by atoms with Gasteiger partial charge in [-0.2, -0.15) is 0 Å². The SMILES string of the molecule is CC(NC(=O)C(C)NC(=O)C(CCCCN)NC(=O)CC(C)(C)C)C(=O)NC(CCCCN)C(=O)NC(CCCCN)C(=O)NC(C)C(=O)NC(CCCCN)C(=O)C(C)(C)C. The summed E-state index contributed by atoms with van der Waals surface area (Å²) in [6.45, 7) is 16.9. The summed E-state index contributed by atoms with van der Waals surface area (Å²) < 4.78 is 0. The lowest BCUT2D eigenvalue weighted by atomic mass is 9.84. The number of unbranched alkanes of at least 4 members (excludes halogenated alkanes) is 4. The van der Waals surface area contributed by atoms with Crippen molar-refractivity contribution in [2.75, 3.05) is 26.2 Å². The highest BCUT2D eigenvalue weighted by Crippen LogP contribution is 2.20. The van der Waals surface area contributed by atoms with Crippen molar-refractivity contribution >= 4 is 47.1 Å². The smallest absolute Gasteiger partial charge is 0.243 e. The zero-order chi connectivity index (χ0) is 47.6. The van der Waals surface area contributed by atoms with E-state index >= 15 is 0 Å².